The number of hydrogen-bond acceptors (Lipinski definition) is 4. The smallest absolute Gasteiger partial charge is 0.420 e. The van der Waals surface area contributed by atoms with E-state index in [0.717, 1.165) is 31.6 Å². The second-order valence-corrected chi connectivity index (χ2v) is 8.65. The summed E-state index contributed by atoms with van der Waals surface area (Å²) < 4.78 is 5.64. The van der Waals surface area contributed by atoms with Crippen molar-refractivity contribution in [3.63, 3.8) is 0 Å². The second-order valence-electron chi connectivity index (χ2n) is 8.65. The van der Waals surface area contributed by atoms with E-state index >= 15 is 0 Å². The van der Waals surface area contributed by atoms with Crippen LogP contribution in [0, 0.1) is 0 Å². The van der Waals surface area contributed by atoms with Crippen molar-refractivity contribution in [2.75, 3.05) is 18.0 Å². The molecule has 1 saturated heterocycles. The van der Waals surface area contributed by atoms with Crippen molar-refractivity contribution in [1.29, 1.82) is 0 Å². The van der Waals surface area contributed by atoms with Gasteiger partial charge in [0.2, 0.25) is 0 Å². The van der Waals surface area contributed by atoms with Crippen LogP contribution < -0.4 is 4.90 Å². The molecule has 5 nitrogen and oxygen atoms in total. The van der Waals surface area contributed by atoms with Crippen LogP contribution in [0.2, 0.25) is 0 Å². The Morgan fingerprint density at radius 3 is 2.55 bits per heavy atom. The number of anilines is 2. The number of ether oxygens (including phenoxy) is 1. The van der Waals surface area contributed by atoms with E-state index in [4.69, 9.17) is 4.74 Å². The number of rotatable bonds is 5. The van der Waals surface area contributed by atoms with Crippen LogP contribution in [0.15, 0.2) is 48.7 Å². The van der Waals surface area contributed by atoms with Gasteiger partial charge in [0.25, 0.3) is 0 Å². The Morgan fingerprint density at radius 2 is 1.93 bits per heavy atom. The Kier molecular flexibility index (Phi) is 6.91. The topological polar surface area (TPSA) is 45.7 Å². The zero-order valence-electron chi connectivity index (χ0n) is 18.1. The van der Waals surface area contributed by atoms with Crippen LogP contribution >= 0.6 is 0 Å². The highest BCUT2D eigenvalue weighted by atomic mass is 16.6. The van der Waals surface area contributed by atoms with Crippen LogP contribution in [0.1, 0.15) is 65.0 Å². The molecule has 1 aliphatic heterocycles. The molecule has 1 fully saturated rings. The van der Waals surface area contributed by atoms with Crippen LogP contribution in [0.25, 0.3) is 0 Å². The van der Waals surface area contributed by atoms with Crippen LogP contribution in [-0.4, -0.2) is 34.7 Å². The third kappa shape index (κ3) is 5.57. The summed E-state index contributed by atoms with van der Waals surface area (Å²) in [5, 5.41) is 0. The van der Waals surface area contributed by atoms with E-state index in [1.807, 2.05) is 63.4 Å². The van der Waals surface area contributed by atoms with Gasteiger partial charge in [0.05, 0.1) is 5.69 Å². The van der Waals surface area contributed by atoms with Crippen LogP contribution in [0.4, 0.5) is 16.3 Å². The Bertz CT molecular complexity index is 782. The molecule has 0 N–H and O–H groups in total. The van der Waals surface area contributed by atoms with Gasteiger partial charge in [-0.05, 0) is 76.9 Å². The average Bonchev–Trinajstić information content (AvgIpc) is 2.69. The maximum Gasteiger partial charge on any atom is 0.420 e. The van der Waals surface area contributed by atoms with Gasteiger partial charge in [0.15, 0.2) is 0 Å². The van der Waals surface area contributed by atoms with E-state index in [0.29, 0.717) is 11.9 Å². The number of piperidine rings is 1. The lowest BCUT2D eigenvalue weighted by atomic mass is 9.96. The lowest BCUT2D eigenvalue weighted by molar-refractivity contribution is 0.0598. The number of likely N-dealkylation sites (tertiary alicyclic amines) is 1. The van der Waals surface area contributed by atoms with Gasteiger partial charge in [-0.15, -0.1) is 0 Å². The predicted octanol–water partition coefficient (Wildman–Crippen LogP) is 6.09. The normalized spacial score (nSPS) is 17.7. The molecule has 1 aromatic heterocycles. The standard InChI is InChI=1S/C24H33N3O2/c1-5-16-26-17-10-9-13-21(26)19-14-15-22(25-18-19)27(20-11-7-6-8-12-20)23(28)29-24(2,3)4/h6-8,11-12,14-15,18,21H,5,9-10,13,16-17H2,1-4H3/t21-/m0/s1. The number of carbonyl (C=O) groups is 1. The lowest BCUT2D eigenvalue weighted by Crippen LogP contribution is -2.35. The lowest BCUT2D eigenvalue weighted by Gasteiger charge is -2.35. The quantitative estimate of drug-likeness (QED) is 0.614. The Hall–Kier alpha value is -2.40. The van der Waals surface area contributed by atoms with E-state index < -0.39 is 11.7 Å². The van der Waals surface area contributed by atoms with Gasteiger partial charge in [-0.25, -0.2) is 14.7 Å². The molecule has 0 unspecified atom stereocenters. The van der Waals surface area contributed by atoms with Gasteiger partial charge < -0.3 is 4.74 Å². The molecule has 2 heterocycles. The summed E-state index contributed by atoms with van der Waals surface area (Å²) in [6.45, 7) is 10.1. The minimum absolute atomic E-state index is 0.414. The van der Waals surface area contributed by atoms with Crippen LogP contribution in [0.3, 0.4) is 0 Å². The van der Waals surface area contributed by atoms with Gasteiger partial charge in [-0.3, -0.25) is 4.90 Å². The number of nitrogens with zero attached hydrogens (tertiary/aromatic N) is 3. The highest BCUT2D eigenvalue weighted by Crippen LogP contribution is 2.32. The fourth-order valence-electron chi connectivity index (χ4n) is 3.87. The SMILES string of the molecule is CCCN1CCCC[C@H]1c1ccc(N(C(=O)OC(C)(C)C)c2ccccc2)nc1. The summed E-state index contributed by atoms with van der Waals surface area (Å²) in [4.78, 5) is 21.7. The van der Waals surface area contributed by atoms with Crippen LogP contribution in [-0.2, 0) is 4.74 Å². The van der Waals surface area contributed by atoms with Crippen molar-refractivity contribution in [2.45, 2.75) is 65.0 Å². The number of carbonyl (C=O) groups excluding carboxylic acids is 1. The first-order valence-electron chi connectivity index (χ1n) is 10.7. The molecular formula is C24H33N3O2. The monoisotopic (exact) mass is 395 g/mol. The summed E-state index contributed by atoms with van der Waals surface area (Å²) in [7, 11) is 0. The van der Waals surface area contributed by atoms with E-state index in [2.05, 4.69) is 22.9 Å². The van der Waals surface area contributed by atoms with Crippen molar-refractivity contribution in [3.8, 4) is 0 Å². The van der Waals surface area contributed by atoms with E-state index in [1.165, 1.54) is 18.4 Å². The Morgan fingerprint density at radius 1 is 1.17 bits per heavy atom. The minimum Gasteiger partial charge on any atom is -0.443 e. The van der Waals surface area contributed by atoms with Gasteiger partial charge in [0, 0.05) is 12.2 Å². The summed E-state index contributed by atoms with van der Waals surface area (Å²) in [5.74, 6) is 0.576. The number of aromatic nitrogens is 1. The highest BCUT2D eigenvalue weighted by molar-refractivity contribution is 5.95. The number of para-hydroxylation sites is 1. The molecule has 1 aliphatic rings. The molecule has 156 valence electrons. The number of hydrogen-bond donors (Lipinski definition) is 0. The molecule has 29 heavy (non-hydrogen) atoms. The molecule has 1 amide bonds. The minimum atomic E-state index is -0.577. The van der Waals surface area contributed by atoms with Crippen molar-refractivity contribution >= 4 is 17.6 Å². The van der Waals surface area contributed by atoms with Crippen molar-refractivity contribution < 1.29 is 9.53 Å². The molecule has 0 saturated carbocycles. The van der Waals surface area contributed by atoms with Gasteiger partial charge >= 0.3 is 6.09 Å². The molecule has 3 rings (SSSR count). The van der Waals surface area contributed by atoms with Gasteiger partial charge in [0.1, 0.15) is 11.4 Å². The fraction of sp³-hybridized carbons (Fsp3) is 0.500. The van der Waals surface area contributed by atoms with Gasteiger partial charge in [-0.1, -0.05) is 37.6 Å². The largest absolute Gasteiger partial charge is 0.443 e. The maximum atomic E-state index is 12.9. The fourth-order valence-corrected chi connectivity index (χ4v) is 3.87. The molecular weight excluding hydrogens is 362 g/mol. The summed E-state index contributed by atoms with van der Waals surface area (Å²) in [6.07, 6.45) is 6.34. The van der Waals surface area contributed by atoms with E-state index in [-0.39, 0.29) is 0 Å². The Balaban J connectivity index is 1.88. The molecule has 2 aromatic rings. The molecule has 5 heteroatoms. The first-order valence-corrected chi connectivity index (χ1v) is 10.7. The molecule has 0 radical (unpaired) electrons. The third-order valence-electron chi connectivity index (χ3n) is 5.10. The molecule has 0 aliphatic carbocycles. The molecule has 0 bridgehead atoms. The first kappa shape index (κ1) is 21.3. The van der Waals surface area contributed by atoms with E-state index in [1.54, 1.807) is 4.90 Å². The Labute approximate surface area is 174 Å². The summed E-state index contributed by atoms with van der Waals surface area (Å²) in [5.41, 5.74) is 1.39. The zero-order valence-corrected chi connectivity index (χ0v) is 18.1. The zero-order chi connectivity index (χ0) is 20.9. The highest BCUT2D eigenvalue weighted by Gasteiger charge is 2.27. The van der Waals surface area contributed by atoms with Crippen molar-refractivity contribution in [1.82, 2.24) is 9.88 Å². The summed E-state index contributed by atoms with van der Waals surface area (Å²) >= 11 is 0. The predicted molar refractivity (Wildman–Crippen MR) is 118 cm³/mol. The third-order valence-corrected chi connectivity index (χ3v) is 5.10. The molecule has 0 spiro atoms. The molecule has 1 aromatic carbocycles. The van der Waals surface area contributed by atoms with E-state index in [9.17, 15) is 4.79 Å². The maximum absolute atomic E-state index is 12.9. The van der Waals surface area contributed by atoms with Crippen molar-refractivity contribution in [2.24, 2.45) is 0 Å². The number of amides is 1. The number of benzene rings is 1. The van der Waals surface area contributed by atoms with Crippen LogP contribution in [0.5, 0.6) is 0 Å². The van der Waals surface area contributed by atoms with Gasteiger partial charge in [-0.2, -0.15) is 0 Å². The number of pyridine rings is 1. The molecule has 1 atom stereocenters. The summed E-state index contributed by atoms with van der Waals surface area (Å²) in [6, 6.07) is 14.0. The average molecular weight is 396 g/mol. The van der Waals surface area contributed by atoms with Crippen molar-refractivity contribution in [3.05, 3.63) is 54.2 Å². The first-order chi connectivity index (χ1) is 13.9. The second kappa shape index (κ2) is 9.40.